The van der Waals surface area contributed by atoms with Crippen LogP contribution in [0.1, 0.15) is 63.5 Å². The number of hydrogen-bond donors (Lipinski definition) is 1. The van der Waals surface area contributed by atoms with Gasteiger partial charge in [-0.15, -0.1) is 0 Å². The highest BCUT2D eigenvalue weighted by atomic mass is 35.5. The van der Waals surface area contributed by atoms with Gasteiger partial charge in [0.15, 0.2) is 0 Å². The molecule has 1 aliphatic rings. The van der Waals surface area contributed by atoms with E-state index in [1.54, 1.807) is 37.3 Å². The van der Waals surface area contributed by atoms with Crippen molar-refractivity contribution in [2.45, 2.75) is 77.4 Å². The Bertz CT molecular complexity index is 1220. The predicted octanol–water partition coefficient (Wildman–Crippen LogP) is 5.58. The molecule has 1 fully saturated rings. The molecule has 0 spiro atoms. The van der Waals surface area contributed by atoms with Gasteiger partial charge in [0.25, 0.3) is 0 Å². The van der Waals surface area contributed by atoms with Gasteiger partial charge < -0.3 is 10.2 Å². The SMILES string of the molecule is CCc1ccc(N(CCCC(=O)N(Cc2ccc(Cl)c(Cl)c2)C(C)C(=O)NC2CCCC2)S(C)(=O)=O)cc1. The van der Waals surface area contributed by atoms with E-state index < -0.39 is 16.1 Å². The van der Waals surface area contributed by atoms with Crippen molar-refractivity contribution in [1.29, 1.82) is 0 Å². The number of rotatable bonds is 12. The van der Waals surface area contributed by atoms with Gasteiger partial charge in [0.2, 0.25) is 21.8 Å². The number of amides is 2. The maximum absolute atomic E-state index is 13.5. The molecule has 2 amide bonds. The minimum Gasteiger partial charge on any atom is -0.352 e. The predicted molar refractivity (Wildman–Crippen MR) is 154 cm³/mol. The van der Waals surface area contributed by atoms with E-state index in [0.717, 1.165) is 49.5 Å². The van der Waals surface area contributed by atoms with Crippen LogP contribution in [0.3, 0.4) is 0 Å². The van der Waals surface area contributed by atoms with Crippen LogP contribution < -0.4 is 9.62 Å². The van der Waals surface area contributed by atoms with Gasteiger partial charge in [0, 0.05) is 25.6 Å². The van der Waals surface area contributed by atoms with Gasteiger partial charge in [-0.05, 0) is 68.0 Å². The summed E-state index contributed by atoms with van der Waals surface area (Å²) >= 11 is 12.3. The van der Waals surface area contributed by atoms with Gasteiger partial charge in [-0.25, -0.2) is 8.42 Å². The number of aryl methyl sites for hydroxylation is 1. The molecule has 0 bridgehead atoms. The topological polar surface area (TPSA) is 86.8 Å². The highest BCUT2D eigenvalue weighted by Crippen LogP contribution is 2.25. The molecule has 1 unspecified atom stereocenters. The van der Waals surface area contributed by atoms with E-state index in [4.69, 9.17) is 23.2 Å². The zero-order valence-electron chi connectivity index (χ0n) is 22.3. The van der Waals surface area contributed by atoms with Crippen molar-refractivity contribution in [1.82, 2.24) is 10.2 Å². The van der Waals surface area contributed by atoms with Gasteiger partial charge in [-0.1, -0.05) is 61.2 Å². The quantitative estimate of drug-likeness (QED) is 0.354. The molecule has 38 heavy (non-hydrogen) atoms. The number of hydrogen-bond acceptors (Lipinski definition) is 4. The number of carbonyl (C=O) groups excluding carboxylic acids is 2. The number of anilines is 1. The molecule has 1 N–H and O–H groups in total. The van der Waals surface area contributed by atoms with E-state index >= 15 is 0 Å². The van der Waals surface area contributed by atoms with E-state index in [1.807, 2.05) is 19.1 Å². The molecule has 208 valence electrons. The van der Waals surface area contributed by atoms with Crippen LogP contribution in [0.25, 0.3) is 0 Å². The van der Waals surface area contributed by atoms with Crippen LogP contribution in [-0.4, -0.2) is 50.0 Å². The molecule has 1 atom stereocenters. The molecule has 7 nitrogen and oxygen atoms in total. The van der Waals surface area contributed by atoms with Gasteiger partial charge in [0.05, 0.1) is 22.0 Å². The Morgan fingerprint density at radius 2 is 1.66 bits per heavy atom. The summed E-state index contributed by atoms with van der Waals surface area (Å²) in [7, 11) is -3.54. The first kappa shape index (κ1) is 30.3. The van der Waals surface area contributed by atoms with E-state index in [-0.39, 0.29) is 37.4 Å². The molecule has 10 heteroatoms. The Kier molecular flexibility index (Phi) is 10.9. The smallest absolute Gasteiger partial charge is 0.242 e. The lowest BCUT2D eigenvalue weighted by molar-refractivity contribution is -0.141. The molecule has 0 heterocycles. The number of carbonyl (C=O) groups is 2. The molecular formula is C28H37Cl2N3O4S. The zero-order chi connectivity index (χ0) is 27.9. The standard InChI is InChI=1S/C28H37Cl2N3O4S/c1-4-21-11-14-24(15-12-21)33(38(3,36)37)17-7-10-27(34)32(19-22-13-16-25(29)26(30)18-22)20(2)28(35)31-23-8-5-6-9-23/h11-16,18,20,23H,4-10,17,19H2,1-3H3,(H,31,35). The maximum Gasteiger partial charge on any atom is 0.242 e. The Hall–Kier alpha value is -2.29. The molecule has 3 rings (SSSR count). The molecule has 2 aromatic carbocycles. The van der Waals surface area contributed by atoms with Crippen LogP contribution in [0.2, 0.25) is 10.0 Å². The Morgan fingerprint density at radius 3 is 2.24 bits per heavy atom. The van der Waals surface area contributed by atoms with Crippen LogP contribution in [-0.2, 0) is 32.6 Å². The molecule has 1 saturated carbocycles. The normalized spacial score (nSPS) is 14.8. The molecule has 0 aromatic heterocycles. The summed E-state index contributed by atoms with van der Waals surface area (Å²) in [5.74, 6) is -0.431. The fraction of sp³-hybridized carbons (Fsp3) is 0.500. The van der Waals surface area contributed by atoms with Crippen molar-refractivity contribution in [3.05, 3.63) is 63.6 Å². The summed E-state index contributed by atoms with van der Waals surface area (Å²) in [4.78, 5) is 28.1. The second-order valence-electron chi connectivity index (χ2n) is 9.89. The van der Waals surface area contributed by atoms with Crippen LogP contribution in [0.5, 0.6) is 0 Å². The third-order valence-corrected chi connectivity index (χ3v) is 8.92. The summed E-state index contributed by atoms with van der Waals surface area (Å²) in [6.07, 6.45) is 6.47. The van der Waals surface area contributed by atoms with Gasteiger partial charge >= 0.3 is 0 Å². The molecule has 1 aliphatic carbocycles. The van der Waals surface area contributed by atoms with Gasteiger partial charge in [0.1, 0.15) is 6.04 Å². The van der Waals surface area contributed by atoms with Crippen LogP contribution in [0, 0.1) is 0 Å². The highest BCUT2D eigenvalue weighted by molar-refractivity contribution is 7.92. The number of benzene rings is 2. The third kappa shape index (κ3) is 8.35. The summed E-state index contributed by atoms with van der Waals surface area (Å²) < 4.78 is 26.3. The van der Waals surface area contributed by atoms with E-state index in [1.165, 1.54) is 9.21 Å². The van der Waals surface area contributed by atoms with Crippen molar-refractivity contribution in [3.63, 3.8) is 0 Å². The highest BCUT2D eigenvalue weighted by Gasteiger charge is 2.29. The fourth-order valence-electron chi connectivity index (χ4n) is 4.71. The average Bonchev–Trinajstić information content (AvgIpc) is 3.39. The average molecular weight is 583 g/mol. The molecule has 0 saturated heterocycles. The monoisotopic (exact) mass is 581 g/mol. The van der Waals surface area contributed by atoms with Crippen LogP contribution in [0.4, 0.5) is 5.69 Å². The lowest BCUT2D eigenvalue weighted by Gasteiger charge is -2.30. The minimum absolute atomic E-state index is 0.0848. The van der Waals surface area contributed by atoms with E-state index in [2.05, 4.69) is 5.32 Å². The second kappa shape index (κ2) is 13.7. The molecule has 0 radical (unpaired) electrons. The summed E-state index contributed by atoms with van der Waals surface area (Å²) in [5.41, 5.74) is 2.43. The number of nitrogens with one attached hydrogen (secondary N) is 1. The first-order valence-corrected chi connectivity index (χ1v) is 15.7. The first-order chi connectivity index (χ1) is 18.0. The third-order valence-electron chi connectivity index (χ3n) is 6.99. The lowest BCUT2D eigenvalue weighted by atomic mass is 10.1. The fourth-order valence-corrected chi connectivity index (χ4v) is 6.00. The van der Waals surface area contributed by atoms with E-state index in [9.17, 15) is 18.0 Å². The molecule has 2 aromatic rings. The zero-order valence-corrected chi connectivity index (χ0v) is 24.6. The first-order valence-electron chi connectivity index (χ1n) is 13.1. The van der Waals surface area contributed by atoms with Crippen molar-refractivity contribution in [2.75, 3.05) is 17.1 Å². The van der Waals surface area contributed by atoms with Gasteiger partial charge in [-0.2, -0.15) is 0 Å². The van der Waals surface area contributed by atoms with Crippen molar-refractivity contribution < 1.29 is 18.0 Å². The van der Waals surface area contributed by atoms with Crippen molar-refractivity contribution in [3.8, 4) is 0 Å². The van der Waals surface area contributed by atoms with Crippen molar-refractivity contribution in [2.24, 2.45) is 0 Å². The number of sulfonamides is 1. The molecule has 0 aliphatic heterocycles. The Balaban J connectivity index is 1.73. The van der Waals surface area contributed by atoms with Gasteiger partial charge in [-0.3, -0.25) is 13.9 Å². The van der Waals surface area contributed by atoms with Crippen LogP contribution in [0.15, 0.2) is 42.5 Å². The number of nitrogens with zero attached hydrogens (tertiary/aromatic N) is 2. The summed E-state index contributed by atoms with van der Waals surface area (Å²) in [6, 6.07) is 11.9. The summed E-state index contributed by atoms with van der Waals surface area (Å²) in [6.45, 7) is 4.09. The van der Waals surface area contributed by atoms with E-state index in [0.29, 0.717) is 22.2 Å². The lowest BCUT2D eigenvalue weighted by Crippen LogP contribution is -2.49. The summed E-state index contributed by atoms with van der Waals surface area (Å²) in [5, 5.41) is 3.86. The Labute approximate surface area is 236 Å². The largest absolute Gasteiger partial charge is 0.352 e. The minimum atomic E-state index is -3.54. The number of halogens is 2. The Morgan fingerprint density at radius 1 is 1.03 bits per heavy atom. The van der Waals surface area contributed by atoms with Crippen LogP contribution >= 0.6 is 23.2 Å². The maximum atomic E-state index is 13.5. The molecular weight excluding hydrogens is 545 g/mol. The van der Waals surface area contributed by atoms with Crippen molar-refractivity contribution >= 4 is 50.7 Å². The second-order valence-corrected chi connectivity index (χ2v) is 12.6.